The Balaban J connectivity index is 2.14. The maximum absolute atomic E-state index is 10.8. The highest BCUT2D eigenvalue weighted by molar-refractivity contribution is 5.02. The molecule has 0 aromatic rings. The van der Waals surface area contributed by atoms with Gasteiger partial charge in [0.05, 0.1) is 0 Å². The molecule has 2 aliphatic rings. The van der Waals surface area contributed by atoms with E-state index in [1.165, 1.54) is 0 Å². The molecule has 0 amide bonds. The van der Waals surface area contributed by atoms with Gasteiger partial charge in [0.15, 0.2) is 0 Å². The molecular weight excluding hydrogens is 148 g/mol. The zero-order valence-electron chi connectivity index (χ0n) is 5.84. The first-order chi connectivity index (χ1) is 5.29. The lowest BCUT2D eigenvalue weighted by Gasteiger charge is -2.29. The summed E-state index contributed by atoms with van der Waals surface area (Å²) in [5.41, 5.74) is 0. The minimum absolute atomic E-state index is 0.308. The summed E-state index contributed by atoms with van der Waals surface area (Å²) in [6.07, 6.45) is 5.00. The highest BCUT2D eigenvalue weighted by Gasteiger charge is 2.32. The number of hydrogen-bond donors (Lipinski definition) is 0. The van der Waals surface area contributed by atoms with E-state index < -0.39 is 0 Å². The molecule has 2 atom stereocenters. The lowest BCUT2D eigenvalue weighted by molar-refractivity contribution is -0.234. The Hall–Kier alpha value is -0.460. The maximum atomic E-state index is 10.8. The summed E-state index contributed by atoms with van der Waals surface area (Å²) in [6, 6.07) is -0.616. The van der Waals surface area contributed by atoms with Crippen LogP contribution in [0.4, 0.5) is 0 Å². The number of fused-ring (bicyclic) bond motifs is 1. The molecule has 0 N–H and O–H groups in total. The Morgan fingerprint density at radius 1 is 1.09 bits per heavy atom. The third-order valence-corrected chi connectivity index (χ3v) is 2.07. The van der Waals surface area contributed by atoms with Crippen molar-refractivity contribution in [3.63, 3.8) is 0 Å². The fourth-order valence-electron chi connectivity index (χ4n) is 1.44. The van der Waals surface area contributed by atoms with Gasteiger partial charge >= 0.3 is 0 Å². The van der Waals surface area contributed by atoms with Crippen molar-refractivity contribution >= 4 is 0 Å². The molecule has 5 nitrogen and oxygen atoms in total. The molecule has 1 aliphatic carbocycles. The largest absolute Gasteiger partial charge is 0.760 e. The van der Waals surface area contributed by atoms with Gasteiger partial charge in [-0.3, -0.25) is 0 Å². The van der Waals surface area contributed by atoms with E-state index in [4.69, 9.17) is 0 Å². The average Bonchev–Trinajstić information content (AvgIpc) is 2.30. The van der Waals surface area contributed by atoms with Gasteiger partial charge in [-0.25, -0.2) is 15.4 Å². The van der Waals surface area contributed by atoms with Crippen molar-refractivity contribution in [3.05, 3.63) is 22.6 Å². The van der Waals surface area contributed by atoms with Crippen LogP contribution in [0, 0.1) is 10.4 Å². The van der Waals surface area contributed by atoms with Crippen molar-refractivity contribution in [1.29, 1.82) is 0 Å². The van der Waals surface area contributed by atoms with Gasteiger partial charge in [-0.05, 0) is 12.8 Å². The van der Waals surface area contributed by atoms with Crippen LogP contribution < -0.4 is 0 Å². The van der Waals surface area contributed by atoms with Crippen LogP contribution >= 0.6 is 0 Å². The van der Waals surface area contributed by atoms with Crippen molar-refractivity contribution in [2.75, 3.05) is 0 Å². The summed E-state index contributed by atoms with van der Waals surface area (Å²) in [5.74, 6) is 0. The summed E-state index contributed by atoms with van der Waals surface area (Å²) < 4.78 is 0. The molecule has 1 saturated heterocycles. The summed E-state index contributed by atoms with van der Waals surface area (Å²) in [7, 11) is 0. The van der Waals surface area contributed by atoms with Gasteiger partial charge in [-0.1, -0.05) is 12.2 Å². The zero-order chi connectivity index (χ0) is 7.84. The van der Waals surface area contributed by atoms with E-state index in [2.05, 4.69) is 4.94 Å². The third-order valence-electron chi connectivity index (χ3n) is 2.07. The lowest BCUT2D eigenvalue weighted by Crippen LogP contribution is -2.34. The Bertz CT molecular complexity index is 167. The monoisotopic (exact) mass is 156 g/mol. The number of nitrogens with zero attached hydrogens (tertiary/aromatic N) is 2. The molecule has 1 heterocycles. The van der Waals surface area contributed by atoms with E-state index in [-0.39, 0.29) is 12.1 Å². The molecule has 0 spiro atoms. The van der Waals surface area contributed by atoms with Crippen molar-refractivity contribution in [3.8, 4) is 0 Å². The molecule has 0 radical (unpaired) electrons. The smallest absolute Gasteiger partial charge is 0.0444 e. The Morgan fingerprint density at radius 3 is 2.00 bits per heavy atom. The van der Waals surface area contributed by atoms with E-state index in [9.17, 15) is 10.4 Å². The third kappa shape index (κ3) is 1.07. The average molecular weight is 156 g/mol. The van der Waals surface area contributed by atoms with E-state index in [1.54, 1.807) is 0 Å². The quantitative estimate of drug-likeness (QED) is 0.479. The second kappa shape index (κ2) is 2.54. The standard InChI is InChI=1S/C6H8N2O3/c9-7-5-3-1-2-4-6(5)8(10)11-7/h1-2,5-6H,3-4H2/q-2. The Kier molecular flexibility index (Phi) is 1.67. The van der Waals surface area contributed by atoms with Crippen LogP contribution in [0.2, 0.25) is 0 Å². The molecule has 5 heteroatoms. The first kappa shape index (κ1) is 7.20. The van der Waals surface area contributed by atoms with E-state index in [0.29, 0.717) is 23.3 Å². The topological polar surface area (TPSA) is 61.8 Å². The zero-order valence-corrected chi connectivity index (χ0v) is 5.84. The van der Waals surface area contributed by atoms with Gasteiger partial charge in [0, 0.05) is 12.1 Å². The molecule has 0 aromatic heterocycles. The molecule has 2 unspecified atom stereocenters. The molecular formula is C6H8N2O3-2. The normalized spacial score (nSPS) is 39.5. The van der Waals surface area contributed by atoms with Crippen molar-refractivity contribution < 1.29 is 4.94 Å². The minimum Gasteiger partial charge on any atom is -0.760 e. The summed E-state index contributed by atoms with van der Waals surface area (Å²) in [6.45, 7) is 0. The van der Waals surface area contributed by atoms with Crippen LogP contribution in [0.3, 0.4) is 0 Å². The van der Waals surface area contributed by atoms with E-state index >= 15 is 0 Å². The fraction of sp³-hybridized carbons (Fsp3) is 0.667. The minimum atomic E-state index is -0.308. The van der Waals surface area contributed by atoms with Crippen molar-refractivity contribution in [1.82, 2.24) is 10.5 Å². The number of hydroxylamine groups is 4. The van der Waals surface area contributed by atoms with Crippen LogP contribution in [0.1, 0.15) is 12.8 Å². The van der Waals surface area contributed by atoms with Gasteiger partial charge in [0.25, 0.3) is 0 Å². The highest BCUT2D eigenvalue weighted by Crippen LogP contribution is 2.28. The predicted octanol–water partition coefficient (Wildman–Crippen LogP) is 0.533. The molecule has 2 rings (SSSR count). The SMILES string of the molecule is [O-]N1ON([O-])C2CC=CCC21. The molecule has 62 valence electrons. The molecule has 0 saturated carbocycles. The van der Waals surface area contributed by atoms with Gasteiger partial charge < -0.3 is 10.4 Å². The predicted molar refractivity (Wildman–Crippen MR) is 37.4 cm³/mol. The van der Waals surface area contributed by atoms with Gasteiger partial charge in [-0.2, -0.15) is 0 Å². The second-order valence-corrected chi connectivity index (χ2v) is 2.73. The van der Waals surface area contributed by atoms with Gasteiger partial charge in [-0.15, -0.1) is 0 Å². The van der Waals surface area contributed by atoms with Crippen molar-refractivity contribution in [2.45, 2.75) is 24.9 Å². The molecule has 1 aliphatic heterocycles. The van der Waals surface area contributed by atoms with Crippen LogP contribution in [0.15, 0.2) is 12.2 Å². The van der Waals surface area contributed by atoms with E-state index in [1.807, 2.05) is 12.2 Å². The van der Waals surface area contributed by atoms with Gasteiger partial charge in [0.1, 0.15) is 0 Å². The Morgan fingerprint density at radius 2 is 1.55 bits per heavy atom. The van der Waals surface area contributed by atoms with Crippen LogP contribution in [0.5, 0.6) is 0 Å². The summed E-state index contributed by atoms with van der Waals surface area (Å²) in [5, 5.41) is 22.5. The van der Waals surface area contributed by atoms with Crippen LogP contribution in [-0.2, 0) is 4.94 Å². The first-order valence-corrected chi connectivity index (χ1v) is 3.55. The Labute approximate surface area is 63.9 Å². The van der Waals surface area contributed by atoms with Crippen LogP contribution in [-0.4, -0.2) is 22.5 Å². The molecule has 11 heavy (non-hydrogen) atoms. The lowest BCUT2D eigenvalue weighted by atomic mass is 9.98. The van der Waals surface area contributed by atoms with Crippen molar-refractivity contribution in [2.24, 2.45) is 0 Å². The summed E-state index contributed by atoms with van der Waals surface area (Å²) in [4.78, 5) is 4.32. The highest BCUT2D eigenvalue weighted by atomic mass is 17.1. The number of rotatable bonds is 0. The fourth-order valence-corrected chi connectivity index (χ4v) is 1.44. The van der Waals surface area contributed by atoms with Crippen LogP contribution in [0.25, 0.3) is 0 Å². The van der Waals surface area contributed by atoms with Gasteiger partial charge in [0.2, 0.25) is 0 Å². The second-order valence-electron chi connectivity index (χ2n) is 2.73. The molecule has 0 aromatic carbocycles. The number of hydrogen-bond acceptors (Lipinski definition) is 5. The summed E-state index contributed by atoms with van der Waals surface area (Å²) >= 11 is 0. The maximum Gasteiger partial charge on any atom is 0.0444 e. The first-order valence-electron chi connectivity index (χ1n) is 3.55. The molecule has 1 fully saturated rings. The van der Waals surface area contributed by atoms with E-state index in [0.717, 1.165) is 0 Å². The molecule has 0 bridgehead atoms.